The van der Waals surface area contributed by atoms with Crippen LogP contribution in [0.4, 0.5) is 0 Å². The van der Waals surface area contributed by atoms with Crippen molar-refractivity contribution in [1.82, 2.24) is 15.6 Å². The summed E-state index contributed by atoms with van der Waals surface area (Å²) in [5.74, 6) is 1.71. The maximum atomic E-state index is 5.64. The molecule has 2 N–H and O–H groups in total. The number of guanidine groups is 1. The van der Waals surface area contributed by atoms with E-state index in [1.807, 2.05) is 37.3 Å². The number of unbranched alkanes of at least 4 members (excludes halogenated alkanes) is 1. The van der Waals surface area contributed by atoms with E-state index in [9.17, 15) is 0 Å². The van der Waals surface area contributed by atoms with Crippen LogP contribution in [0.5, 0.6) is 5.75 Å². The van der Waals surface area contributed by atoms with Gasteiger partial charge in [0.2, 0.25) is 0 Å². The third-order valence-electron chi connectivity index (χ3n) is 3.41. The van der Waals surface area contributed by atoms with Crippen LogP contribution in [0.25, 0.3) is 0 Å². The Morgan fingerprint density at radius 1 is 1.17 bits per heavy atom. The Kier molecular flexibility index (Phi) is 8.10. The molecule has 0 atom stereocenters. The van der Waals surface area contributed by atoms with E-state index in [1.54, 1.807) is 18.4 Å². The molecule has 130 valence electrons. The quantitative estimate of drug-likeness (QED) is 0.416. The number of thiazole rings is 1. The maximum Gasteiger partial charge on any atom is 0.191 e. The van der Waals surface area contributed by atoms with Gasteiger partial charge < -0.3 is 15.4 Å². The van der Waals surface area contributed by atoms with Gasteiger partial charge in [0, 0.05) is 24.7 Å². The largest absolute Gasteiger partial charge is 0.492 e. The van der Waals surface area contributed by atoms with E-state index in [0.717, 1.165) is 43.2 Å². The number of aromatic nitrogens is 1. The molecule has 1 aromatic carbocycles. The van der Waals surface area contributed by atoms with Gasteiger partial charge in [0.25, 0.3) is 0 Å². The van der Waals surface area contributed by atoms with E-state index in [-0.39, 0.29) is 0 Å². The van der Waals surface area contributed by atoms with Crippen molar-refractivity contribution >= 4 is 17.3 Å². The summed E-state index contributed by atoms with van der Waals surface area (Å²) in [5, 5.41) is 9.92. The van der Waals surface area contributed by atoms with E-state index >= 15 is 0 Å². The van der Waals surface area contributed by atoms with Crippen molar-refractivity contribution in [1.29, 1.82) is 0 Å². The zero-order valence-corrected chi connectivity index (χ0v) is 15.2. The Balaban J connectivity index is 1.52. The second-order valence-electron chi connectivity index (χ2n) is 5.43. The second kappa shape index (κ2) is 10.6. The molecule has 0 aliphatic heterocycles. The number of hydrogen-bond donors (Lipinski definition) is 2. The summed E-state index contributed by atoms with van der Waals surface area (Å²) in [6, 6.07) is 9.83. The molecule has 2 aromatic rings. The molecular weight excluding hydrogens is 320 g/mol. The van der Waals surface area contributed by atoms with Gasteiger partial charge in [0.05, 0.1) is 11.6 Å². The number of aryl methyl sites for hydroxylation is 2. The monoisotopic (exact) mass is 346 g/mol. The summed E-state index contributed by atoms with van der Waals surface area (Å²) >= 11 is 1.75. The highest BCUT2D eigenvalue weighted by Gasteiger charge is 2.00. The van der Waals surface area contributed by atoms with Gasteiger partial charge in [-0.25, -0.2) is 4.98 Å². The number of benzene rings is 1. The van der Waals surface area contributed by atoms with E-state index in [2.05, 4.69) is 26.0 Å². The van der Waals surface area contributed by atoms with Gasteiger partial charge in [-0.2, -0.15) is 0 Å². The summed E-state index contributed by atoms with van der Waals surface area (Å²) in [6.07, 6.45) is 3.28. The van der Waals surface area contributed by atoms with Gasteiger partial charge in [0.15, 0.2) is 5.96 Å². The highest BCUT2D eigenvalue weighted by atomic mass is 32.1. The highest BCUT2D eigenvalue weighted by Crippen LogP contribution is 2.11. The second-order valence-corrected chi connectivity index (χ2v) is 6.37. The number of aliphatic imine (C=N–C) groups is 1. The minimum atomic E-state index is 0.605. The molecule has 0 radical (unpaired) electrons. The van der Waals surface area contributed by atoms with Crippen molar-refractivity contribution in [2.24, 2.45) is 4.99 Å². The summed E-state index contributed by atoms with van der Waals surface area (Å²) in [5.41, 5.74) is 1.12. The normalized spacial score (nSPS) is 11.3. The standard InChI is InChI=1S/C18H26N4OS/c1-15-14-24-17(22-15)10-6-7-11-20-18(19-2)21-12-13-23-16-8-4-3-5-9-16/h3-5,8-9,14H,6-7,10-13H2,1-2H3,(H2,19,20,21). The molecule has 0 spiro atoms. The molecule has 0 unspecified atom stereocenters. The first kappa shape index (κ1) is 18.3. The molecule has 0 aliphatic carbocycles. The van der Waals surface area contributed by atoms with Gasteiger partial charge in [-0.1, -0.05) is 18.2 Å². The van der Waals surface area contributed by atoms with Crippen molar-refractivity contribution in [2.75, 3.05) is 26.7 Å². The first-order valence-corrected chi connectivity index (χ1v) is 9.19. The van der Waals surface area contributed by atoms with Crippen LogP contribution in [0.2, 0.25) is 0 Å². The molecule has 2 rings (SSSR count). The summed E-state index contributed by atoms with van der Waals surface area (Å²) in [7, 11) is 1.78. The number of nitrogens with one attached hydrogen (secondary N) is 2. The fraction of sp³-hybridized carbons (Fsp3) is 0.444. The predicted octanol–water partition coefficient (Wildman–Crippen LogP) is 3.02. The number of ether oxygens (including phenoxy) is 1. The fourth-order valence-electron chi connectivity index (χ4n) is 2.20. The number of nitrogens with zero attached hydrogens (tertiary/aromatic N) is 2. The summed E-state index contributed by atoms with van der Waals surface area (Å²) in [6.45, 7) is 4.27. The lowest BCUT2D eigenvalue weighted by molar-refractivity contribution is 0.322. The first-order chi connectivity index (χ1) is 11.8. The molecule has 1 heterocycles. The maximum absolute atomic E-state index is 5.64. The minimum absolute atomic E-state index is 0.605. The Bertz CT molecular complexity index is 612. The van der Waals surface area contributed by atoms with Crippen molar-refractivity contribution < 1.29 is 4.74 Å². The number of para-hydroxylation sites is 1. The van der Waals surface area contributed by atoms with Gasteiger partial charge in [-0.15, -0.1) is 11.3 Å². The smallest absolute Gasteiger partial charge is 0.191 e. The van der Waals surface area contributed by atoms with E-state index in [0.29, 0.717) is 13.2 Å². The van der Waals surface area contributed by atoms with Crippen LogP contribution in [-0.4, -0.2) is 37.7 Å². The van der Waals surface area contributed by atoms with Gasteiger partial charge >= 0.3 is 0 Å². The average Bonchev–Trinajstić information content (AvgIpc) is 3.02. The average molecular weight is 347 g/mol. The Morgan fingerprint density at radius 3 is 2.67 bits per heavy atom. The zero-order chi connectivity index (χ0) is 17.0. The SMILES string of the molecule is CN=C(NCCCCc1nc(C)cs1)NCCOc1ccccc1. The van der Waals surface area contributed by atoms with Crippen molar-refractivity contribution in [2.45, 2.75) is 26.2 Å². The molecule has 1 aromatic heterocycles. The Morgan fingerprint density at radius 2 is 1.96 bits per heavy atom. The van der Waals surface area contributed by atoms with Crippen molar-refractivity contribution in [3.8, 4) is 5.75 Å². The van der Waals surface area contributed by atoms with E-state index in [4.69, 9.17) is 4.74 Å². The predicted molar refractivity (Wildman–Crippen MR) is 101 cm³/mol. The zero-order valence-electron chi connectivity index (χ0n) is 14.4. The molecule has 5 nitrogen and oxygen atoms in total. The first-order valence-electron chi connectivity index (χ1n) is 8.31. The lowest BCUT2D eigenvalue weighted by Crippen LogP contribution is -2.39. The fourth-order valence-corrected chi connectivity index (χ4v) is 3.02. The molecule has 24 heavy (non-hydrogen) atoms. The Labute approximate surface area is 148 Å². The summed E-state index contributed by atoms with van der Waals surface area (Å²) in [4.78, 5) is 8.70. The molecule has 0 aliphatic rings. The van der Waals surface area contributed by atoms with Crippen LogP contribution in [0.1, 0.15) is 23.5 Å². The van der Waals surface area contributed by atoms with Crippen molar-refractivity contribution in [3.63, 3.8) is 0 Å². The van der Waals surface area contributed by atoms with E-state index < -0.39 is 0 Å². The van der Waals surface area contributed by atoms with Crippen LogP contribution in [-0.2, 0) is 6.42 Å². The lowest BCUT2D eigenvalue weighted by atomic mass is 10.2. The van der Waals surface area contributed by atoms with E-state index in [1.165, 1.54) is 5.01 Å². The highest BCUT2D eigenvalue weighted by molar-refractivity contribution is 7.09. The van der Waals surface area contributed by atoms with Crippen LogP contribution >= 0.6 is 11.3 Å². The third kappa shape index (κ3) is 7.00. The number of rotatable bonds is 9. The van der Waals surface area contributed by atoms with Gasteiger partial charge in [-0.05, 0) is 38.3 Å². The van der Waals surface area contributed by atoms with Gasteiger partial charge in [0.1, 0.15) is 12.4 Å². The minimum Gasteiger partial charge on any atom is -0.492 e. The van der Waals surface area contributed by atoms with Crippen LogP contribution in [0, 0.1) is 6.92 Å². The Hall–Kier alpha value is -2.08. The molecular formula is C18H26N4OS. The van der Waals surface area contributed by atoms with Crippen LogP contribution in [0.3, 0.4) is 0 Å². The topological polar surface area (TPSA) is 58.5 Å². The summed E-state index contributed by atoms with van der Waals surface area (Å²) < 4.78 is 5.64. The number of hydrogen-bond acceptors (Lipinski definition) is 4. The van der Waals surface area contributed by atoms with Crippen molar-refractivity contribution in [3.05, 3.63) is 46.4 Å². The molecule has 0 saturated heterocycles. The lowest BCUT2D eigenvalue weighted by Gasteiger charge is -2.12. The molecule has 0 saturated carbocycles. The molecule has 0 bridgehead atoms. The van der Waals surface area contributed by atoms with Crippen LogP contribution in [0.15, 0.2) is 40.7 Å². The van der Waals surface area contributed by atoms with Gasteiger partial charge in [-0.3, -0.25) is 4.99 Å². The molecule has 0 fully saturated rings. The molecule has 6 heteroatoms. The third-order valence-corrected chi connectivity index (χ3v) is 4.43. The molecule has 0 amide bonds. The van der Waals surface area contributed by atoms with Crippen LogP contribution < -0.4 is 15.4 Å².